The van der Waals surface area contributed by atoms with Gasteiger partial charge in [0.25, 0.3) is 0 Å². The number of rotatable bonds is 3. The molecule has 0 saturated heterocycles. The number of carbonyl (C=O) groups is 2. The van der Waals surface area contributed by atoms with Gasteiger partial charge in [0.05, 0.1) is 13.1 Å². The zero-order valence-corrected chi connectivity index (χ0v) is 14.7. The minimum absolute atomic E-state index is 0.0285. The molecule has 3 aromatic rings. The Bertz CT molecular complexity index is 1020. The molecule has 0 saturated carbocycles. The fraction of sp³-hybridized carbons (Fsp3) is 0.294. The predicted octanol–water partition coefficient (Wildman–Crippen LogP) is 1.69. The summed E-state index contributed by atoms with van der Waals surface area (Å²) in [4.78, 5) is 25.9. The van der Waals surface area contributed by atoms with Gasteiger partial charge in [-0.2, -0.15) is 0 Å². The number of carboxylic acids is 1. The number of aromatic nitrogens is 4. The van der Waals surface area contributed by atoms with E-state index in [0.717, 1.165) is 10.9 Å². The van der Waals surface area contributed by atoms with Crippen molar-refractivity contribution in [1.82, 2.24) is 24.2 Å². The summed E-state index contributed by atoms with van der Waals surface area (Å²) in [5.41, 5.74) is 0.828. The van der Waals surface area contributed by atoms with Crippen molar-refractivity contribution in [3.05, 3.63) is 47.1 Å². The van der Waals surface area contributed by atoms with Crippen LogP contribution in [-0.4, -0.2) is 47.3 Å². The van der Waals surface area contributed by atoms with Crippen LogP contribution in [0.4, 0.5) is 0 Å². The monoisotopic (exact) mass is 373 g/mol. The van der Waals surface area contributed by atoms with Crippen molar-refractivity contribution in [2.24, 2.45) is 0 Å². The van der Waals surface area contributed by atoms with Crippen LogP contribution in [0.5, 0.6) is 0 Å². The summed E-state index contributed by atoms with van der Waals surface area (Å²) in [5, 5.41) is 19.1. The molecule has 0 bridgehead atoms. The fourth-order valence-electron chi connectivity index (χ4n) is 3.32. The Morgan fingerprint density at radius 3 is 2.88 bits per heavy atom. The number of nitrogens with zero attached hydrogens (tertiary/aromatic N) is 5. The molecule has 8 nitrogen and oxygen atoms in total. The van der Waals surface area contributed by atoms with Crippen LogP contribution in [0.1, 0.15) is 11.6 Å². The number of hydrogen-bond donors (Lipinski definition) is 1. The first-order chi connectivity index (χ1) is 12.4. The SMILES string of the molecule is Cc1nnc2n1CC(C(=O)O)N(C(=O)Cn1ccc3ccc(Cl)cc31)C2. The lowest BCUT2D eigenvalue weighted by molar-refractivity contribution is -0.153. The highest BCUT2D eigenvalue weighted by molar-refractivity contribution is 6.31. The minimum Gasteiger partial charge on any atom is -0.480 e. The molecule has 26 heavy (non-hydrogen) atoms. The van der Waals surface area contributed by atoms with Crippen LogP contribution >= 0.6 is 11.6 Å². The average molecular weight is 374 g/mol. The van der Waals surface area contributed by atoms with Gasteiger partial charge in [-0.15, -0.1) is 10.2 Å². The molecule has 1 atom stereocenters. The lowest BCUT2D eigenvalue weighted by atomic mass is 10.2. The van der Waals surface area contributed by atoms with Crippen molar-refractivity contribution in [3.8, 4) is 0 Å². The molecular weight excluding hydrogens is 358 g/mol. The van der Waals surface area contributed by atoms with Crippen LogP contribution in [0.3, 0.4) is 0 Å². The molecule has 0 radical (unpaired) electrons. The van der Waals surface area contributed by atoms with E-state index >= 15 is 0 Å². The summed E-state index contributed by atoms with van der Waals surface area (Å²) in [6.07, 6.45) is 1.80. The van der Waals surface area contributed by atoms with Crippen molar-refractivity contribution in [2.75, 3.05) is 0 Å². The number of amides is 1. The van der Waals surface area contributed by atoms with E-state index in [2.05, 4.69) is 10.2 Å². The average Bonchev–Trinajstić information content (AvgIpc) is 3.17. The van der Waals surface area contributed by atoms with Gasteiger partial charge < -0.3 is 19.1 Å². The molecule has 0 fully saturated rings. The normalized spacial score (nSPS) is 16.7. The number of aliphatic carboxylic acids is 1. The summed E-state index contributed by atoms with van der Waals surface area (Å²) in [7, 11) is 0. The van der Waals surface area contributed by atoms with E-state index in [1.807, 2.05) is 12.1 Å². The van der Waals surface area contributed by atoms with E-state index in [0.29, 0.717) is 16.7 Å². The van der Waals surface area contributed by atoms with Crippen LogP contribution in [0, 0.1) is 6.92 Å². The highest BCUT2D eigenvalue weighted by atomic mass is 35.5. The van der Waals surface area contributed by atoms with Crippen LogP contribution in [0.25, 0.3) is 10.9 Å². The molecule has 3 heterocycles. The van der Waals surface area contributed by atoms with Gasteiger partial charge >= 0.3 is 5.97 Å². The van der Waals surface area contributed by atoms with Gasteiger partial charge in [0.2, 0.25) is 5.91 Å². The molecule has 1 amide bonds. The van der Waals surface area contributed by atoms with Gasteiger partial charge in [-0.3, -0.25) is 4.79 Å². The topological polar surface area (TPSA) is 93.2 Å². The third kappa shape index (κ3) is 2.72. The third-order valence-corrected chi connectivity index (χ3v) is 4.94. The Kier molecular flexibility index (Phi) is 3.91. The summed E-state index contributed by atoms with van der Waals surface area (Å²) in [6, 6.07) is 6.40. The van der Waals surface area contributed by atoms with Crippen LogP contribution in [-0.2, 0) is 29.2 Å². The highest BCUT2D eigenvalue weighted by Crippen LogP contribution is 2.22. The predicted molar refractivity (Wildman–Crippen MR) is 93.7 cm³/mol. The van der Waals surface area contributed by atoms with E-state index in [1.54, 1.807) is 34.4 Å². The van der Waals surface area contributed by atoms with Crippen molar-refractivity contribution >= 4 is 34.4 Å². The van der Waals surface area contributed by atoms with E-state index < -0.39 is 12.0 Å². The zero-order chi connectivity index (χ0) is 18.4. The van der Waals surface area contributed by atoms with Crippen molar-refractivity contribution in [3.63, 3.8) is 0 Å². The fourth-order valence-corrected chi connectivity index (χ4v) is 3.48. The molecule has 1 N–H and O–H groups in total. The number of halogens is 1. The van der Waals surface area contributed by atoms with Crippen molar-refractivity contribution in [1.29, 1.82) is 0 Å². The standard InChI is InChI=1S/C17H16ClN5O3/c1-10-19-20-15-8-23(14(17(25)26)7-22(10)15)16(24)9-21-5-4-11-2-3-12(18)6-13(11)21/h2-6,14H,7-9H2,1H3,(H,25,26). The Balaban J connectivity index is 1.63. The molecular formula is C17H16ClN5O3. The second kappa shape index (κ2) is 6.14. The lowest BCUT2D eigenvalue weighted by Crippen LogP contribution is -2.51. The molecule has 1 aliphatic rings. The summed E-state index contributed by atoms with van der Waals surface area (Å²) >= 11 is 6.05. The third-order valence-electron chi connectivity index (χ3n) is 4.70. The van der Waals surface area contributed by atoms with Gasteiger partial charge in [0.15, 0.2) is 5.82 Å². The largest absolute Gasteiger partial charge is 0.480 e. The van der Waals surface area contributed by atoms with Gasteiger partial charge in [0, 0.05) is 16.7 Å². The second-order valence-corrected chi connectivity index (χ2v) is 6.73. The first kappa shape index (κ1) is 16.6. The molecule has 0 spiro atoms. The maximum absolute atomic E-state index is 12.9. The maximum atomic E-state index is 12.9. The molecule has 4 rings (SSSR count). The van der Waals surface area contributed by atoms with E-state index in [-0.39, 0.29) is 25.5 Å². The number of aryl methyl sites for hydroxylation is 1. The van der Waals surface area contributed by atoms with E-state index in [9.17, 15) is 14.7 Å². The molecule has 134 valence electrons. The van der Waals surface area contributed by atoms with Gasteiger partial charge in [-0.05, 0) is 30.5 Å². The quantitative estimate of drug-likeness (QED) is 0.754. The molecule has 0 aliphatic carbocycles. The van der Waals surface area contributed by atoms with Crippen molar-refractivity contribution in [2.45, 2.75) is 32.6 Å². The number of hydrogen-bond acceptors (Lipinski definition) is 4. The molecule has 9 heteroatoms. The minimum atomic E-state index is -1.04. The number of carbonyl (C=O) groups excluding carboxylic acids is 1. The van der Waals surface area contributed by atoms with Crippen LogP contribution in [0.15, 0.2) is 30.5 Å². The second-order valence-electron chi connectivity index (χ2n) is 6.30. The van der Waals surface area contributed by atoms with E-state index in [4.69, 9.17) is 11.6 Å². The van der Waals surface area contributed by atoms with Crippen LogP contribution in [0.2, 0.25) is 5.02 Å². The van der Waals surface area contributed by atoms with Gasteiger partial charge in [-0.1, -0.05) is 17.7 Å². The number of benzene rings is 1. The molecule has 1 aliphatic heterocycles. The van der Waals surface area contributed by atoms with Crippen molar-refractivity contribution < 1.29 is 14.7 Å². The lowest BCUT2D eigenvalue weighted by Gasteiger charge is -2.33. The Morgan fingerprint density at radius 2 is 2.12 bits per heavy atom. The summed E-state index contributed by atoms with van der Waals surface area (Å²) in [5.74, 6) is -0.0996. The summed E-state index contributed by atoms with van der Waals surface area (Å²) < 4.78 is 3.51. The van der Waals surface area contributed by atoms with Gasteiger partial charge in [-0.25, -0.2) is 4.79 Å². The zero-order valence-electron chi connectivity index (χ0n) is 14.0. The molecule has 2 aromatic heterocycles. The molecule has 1 aromatic carbocycles. The Hall–Kier alpha value is -2.87. The van der Waals surface area contributed by atoms with Gasteiger partial charge in [0.1, 0.15) is 18.4 Å². The first-order valence-corrected chi connectivity index (χ1v) is 8.47. The summed E-state index contributed by atoms with van der Waals surface area (Å²) in [6.45, 7) is 2.06. The Labute approximate surface area is 153 Å². The Morgan fingerprint density at radius 1 is 1.31 bits per heavy atom. The van der Waals surface area contributed by atoms with E-state index in [1.165, 1.54) is 4.90 Å². The number of fused-ring (bicyclic) bond motifs is 2. The van der Waals surface area contributed by atoms with Crippen LogP contribution < -0.4 is 0 Å². The maximum Gasteiger partial charge on any atom is 0.328 e. The first-order valence-electron chi connectivity index (χ1n) is 8.09. The highest BCUT2D eigenvalue weighted by Gasteiger charge is 2.36. The number of carboxylic acid groups (broad SMARTS) is 1. The molecule has 1 unspecified atom stereocenters. The smallest absolute Gasteiger partial charge is 0.328 e.